The van der Waals surface area contributed by atoms with E-state index >= 15 is 0 Å². The van der Waals surface area contributed by atoms with Gasteiger partial charge >= 0.3 is 0 Å². The molecule has 0 amide bonds. The molecular weight excluding hydrogens is 195 g/mol. The zero-order valence-corrected chi connectivity index (χ0v) is 8.53. The second kappa shape index (κ2) is 4.73. The van der Waals surface area contributed by atoms with Crippen molar-refractivity contribution >= 4 is 0 Å². The molecule has 0 radical (unpaired) electrons. The van der Waals surface area contributed by atoms with Gasteiger partial charge in [0.1, 0.15) is 5.82 Å². The Bertz CT molecular complexity index is 304. The van der Waals surface area contributed by atoms with E-state index in [1.165, 1.54) is 12.1 Å². The third-order valence-corrected chi connectivity index (χ3v) is 2.84. The van der Waals surface area contributed by atoms with E-state index in [2.05, 4.69) is 0 Å². The second-order valence-corrected chi connectivity index (χ2v) is 4.03. The molecule has 0 aromatic heterocycles. The average Bonchev–Trinajstić information content (AvgIpc) is 2.71. The van der Waals surface area contributed by atoms with Gasteiger partial charge in [-0.3, -0.25) is 0 Å². The first kappa shape index (κ1) is 10.6. The first-order chi connectivity index (χ1) is 7.25. The number of halogens is 1. The van der Waals surface area contributed by atoms with Crippen molar-refractivity contribution in [2.45, 2.75) is 18.9 Å². The summed E-state index contributed by atoms with van der Waals surface area (Å²) in [6.45, 7) is 1.53. The molecule has 1 aromatic rings. The lowest BCUT2D eigenvalue weighted by Crippen LogP contribution is -2.07. The van der Waals surface area contributed by atoms with Crippen LogP contribution in [0.1, 0.15) is 24.5 Å². The molecule has 15 heavy (non-hydrogen) atoms. The molecule has 1 aromatic carbocycles. The van der Waals surface area contributed by atoms with Crippen molar-refractivity contribution in [3.05, 3.63) is 35.6 Å². The van der Waals surface area contributed by atoms with Gasteiger partial charge in [0.15, 0.2) is 0 Å². The first-order valence-corrected chi connectivity index (χ1v) is 5.27. The molecule has 1 fully saturated rings. The topological polar surface area (TPSA) is 29.5 Å². The van der Waals surface area contributed by atoms with Crippen LogP contribution in [0.5, 0.6) is 0 Å². The molecular formula is C12H15FO2. The Morgan fingerprint density at radius 1 is 1.40 bits per heavy atom. The third kappa shape index (κ3) is 2.76. The van der Waals surface area contributed by atoms with Gasteiger partial charge in [-0.15, -0.1) is 0 Å². The quantitative estimate of drug-likeness (QED) is 0.829. The fraction of sp³-hybridized carbons (Fsp3) is 0.500. The van der Waals surface area contributed by atoms with Crippen molar-refractivity contribution in [3.8, 4) is 0 Å². The van der Waals surface area contributed by atoms with Crippen LogP contribution in [0.2, 0.25) is 0 Å². The molecule has 0 saturated carbocycles. The molecule has 2 unspecified atom stereocenters. The van der Waals surface area contributed by atoms with Gasteiger partial charge in [0, 0.05) is 13.2 Å². The predicted octanol–water partition coefficient (Wildman–Crippen LogP) is 2.29. The van der Waals surface area contributed by atoms with Gasteiger partial charge in [-0.1, -0.05) is 12.1 Å². The van der Waals surface area contributed by atoms with Gasteiger partial charge in [0.2, 0.25) is 0 Å². The largest absolute Gasteiger partial charge is 0.388 e. The number of benzene rings is 1. The van der Waals surface area contributed by atoms with E-state index in [-0.39, 0.29) is 5.82 Å². The Morgan fingerprint density at radius 2 is 2.13 bits per heavy atom. The predicted molar refractivity (Wildman–Crippen MR) is 54.9 cm³/mol. The highest BCUT2D eigenvalue weighted by Gasteiger charge is 2.20. The summed E-state index contributed by atoms with van der Waals surface area (Å²) in [5, 5.41) is 9.89. The van der Waals surface area contributed by atoms with Crippen LogP contribution >= 0.6 is 0 Å². The van der Waals surface area contributed by atoms with E-state index in [4.69, 9.17) is 4.74 Å². The van der Waals surface area contributed by atoms with E-state index in [1.807, 2.05) is 0 Å². The van der Waals surface area contributed by atoms with Crippen molar-refractivity contribution in [3.63, 3.8) is 0 Å². The monoisotopic (exact) mass is 210 g/mol. The van der Waals surface area contributed by atoms with E-state index in [0.717, 1.165) is 25.2 Å². The minimum atomic E-state index is -0.503. The first-order valence-electron chi connectivity index (χ1n) is 5.27. The molecule has 1 heterocycles. The number of aliphatic hydroxyl groups excluding tert-OH is 1. The lowest BCUT2D eigenvalue weighted by atomic mass is 9.96. The van der Waals surface area contributed by atoms with Crippen molar-refractivity contribution in [2.24, 2.45) is 5.92 Å². The van der Waals surface area contributed by atoms with Crippen molar-refractivity contribution in [1.29, 1.82) is 0 Å². The number of rotatable bonds is 3. The van der Waals surface area contributed by atoms with Crippen molar-refractivity contribution in [2.75, 3.05) is 13.2 Å². The van der Waals surface area contributed by atoms with Crippen molar-refractivity contribution < 1.29 is 14.2 Å². The van der Waals surface area contributed by atoms with Crippen LogP contribution in [-0.4, -0.2) is 18.3 Å². The van der Waals surface area contributed by atoms with Crippen molar-refractivity contribution in [1.82, 2.24) is 0 Å². The molecule has 2 rings (SSSR count). The number of aliphatic hydroxyl groups is 1. The highest BCUT2D eigenvalue weighted by atomic mass is 19.1. The molecule has 1 aliphatic rings. The highest BCUT2D eigenvalue weighted by molar-refractivity contribution is 5.18. The SMILES string of the molecule is OC(CC1CCOC1)c1ccc(F)cc1. The summed E-state index contributed by atoms with van der Waals surface area (Å²) in [4.78, 5) is 0. The molecule has 0 aliphatic carbocycles. The minimum absolute atomic E-state index is 0.268. The Labute approximate surface area is 88.7 Å². The standard InChI is InChI=1S/C12H15FO2/c13-11-3-1-10(2-4-11)12(14)7-9-5-6-15-8-9/h1-4,9,12,14H,5-8H2. The van der Waals surface area contributed by atoms with Crippen LogP contribution in [0.4, 0.5) is 4.39 Å². The Morgan fingerprint density at radius 3 is 2.73 bits per heavy atom. The summed E-state index contributed by atoms with van der Waals surface area (Å²) in [6, 6.07) is 6.03. The highest BCUT2D eigenvalue weighted by Crippen LogP contribution is 2.26. The number of hydrogen-bond acceptors (Lipinski definition) is 2. The smallest absolute Gasteiger partial charge is 0.123 e. The van der Waals surface area contributed by atoms with Crippen LogP contribution in [0, 0.1) is 11.7 Å². The molecule has 0 spiro atoms. The Kier molecular flexibility index (Phi) is 3.34. The fourth-order valence-corrected chi connectivity index (χ4v) is 1.91. The van der Waals surface area contributed by atoms with E-state index in [1.54, 1.807) is 12.1 Å². The lowest BCUT2D eigenvalue weighted by molar-refractivity contribution is 0.129. The summed E-state index contributed by atoms with van der Waals surface area (Å²) < 4.78 is 17.9. The summed E-state index contributed by atoms with van der Waals surface area (Å²) in [7, 11) is 0. The van der Waals surface area contributed by atoms with Gasteiger partial charge in [-0.2, -0.15) is 0 Å². The van der Waals surface area contributed by atoms with Crippen LogP contribution in [0.15, 0.2) is 24.3 Å². The lowest BCUT2D eigenvalue weighted by Gasteiger charge is -2.14. The maximum atomic E-state index is 12.7. The zero-order chi connectivity index (χ0) is 10.7. The van der Waals surface area contributed by atoms with Gasteiger partial charge in [0.05, 0.1) is 6.10 Å². The third-order valence-electron chi connectivity index (χ3n) is 2.84. The zero-order valence-electron chi connectivity index (χ0n) is 8.53. The fourth-order valence-electron chi connectivity index (χ4n) is 1.91. The number of hydrogen-bond donors (Lipinski definition) is 1. The van der Waals surface area contributed by atoms with Crippen LogP contribution in [0.3, 0.4) is 0 Å². The van der Waals surface area contributed by atoms with Gasteiger partial charge in [-0.05, 0) is 36.5 Å². The van der Waals surface area contributed by atoms with Gasteiger partial charge in [0.25, 0.3) is 0 Å². The molecule has 2 atom stereocenters. The average molecular weight is 210 g/mol. The van der Waals surface area contributed by atoms with Crippen LogP contribution in [-0.2, 0) is 4.74 Å². The summed E-state index contributed by atoms with van der Waals surface area (Å²) in [6.07, 6.45) is 1.21. The maximum absolute atomic E-state index is 12.7. The van der Waals surface area contributed by atoms with E-state index in [9.17, 15) is 9.50 Å². The Balaban J connectivity index is 1.94. The van der Waals surface area contributed by atoms with E-state index < -0.39 is 6.10 Å². The molecule has 0 bridgehead atoms. The number of ether oxygens (including phenoxy) is 1. The van der Waals surface area contributed by atoms with Crippen LogP contribution in [0.25, 0.3) is 0 Å². The van der Waals surface area contributed by atoms with Gasteiger partial charge in [-0.25, -0.2) is 4.39 Å². The minimum Gasteiger partial charge on any atom is -0.388 e. The molecule has 2 nitrogen and oxygen atoms in total. The molecule has 1 N–H and O–H groups in total. The maximum Gasteiger partial charge on any atom is 0.123 e. The molecule has 1 aliphatic heterocycles. The molecule has 1 saturated heterocycles. The Hall–Kier alpha value is -0.930. The molecule has 82 valence electrons. The van der Waals surface area contributed by atoms with Gasteiger partial charge < -0.3 is 9.84 Å². The molecule has 3 heteroatoms. The summed E-state index contributed by atoms with van der Waals surface area (Å²) >= 11 is 0. The summed E-state index contributed by atoms with van der Waals surface area (Å²) in [5.74, 6) is 0.167. The van der Waals surface area contributed by atoms with E-state index in [0.29, 0.717) is 12.3 Å². The normalized spacial score (nSPS) is 22.9. The summed E-state index contributed by atoms with van der Waals surface area (Å²) in [5.41, 5.74) is 0.781. The van der Waals surface area contributed by atoms with Crippen LogP contribution < -0.4 is 0 Å². The second-order valence-electron chi connectivity index (χ2n) is 4.03.